The molecule has 2 N–H and O–H groups in total. The number of carbonyl (C=O) groups is 2. The van der Waals surface area contributed by atoms with Crippen LogP contribution in [-0.2, 0) is 4.79 Å². The van der Waals surface area contributed by atoms with E-state index in [-0.39, 0.29) is 17.2 Å². The number of nitrogens with zero attached hydrogens (tertiary/aromatic N) is 3. The van der Waals surface area contributed by atoms with Crippen LogP contribution in [0.4, 0.5) is 11.4 Å². The summed E-state index contributed by atoms with van der Waals surface area (Å²) in [5, 5.41) is 30.7. The molecule has 0 bridgehead atoms. The van der Waals surface area contributed by atoms with Gasteiger partial charge >= 0.3 is 5.69 Å². The molecule has 2 amide bonds. The maximum atomic E-state index is 12.9. The Morgan fingerprint density at radius 3 is 2.40 bits per heavy atom. The van der Waals surface area contributed by atoms with Crippen molar-refractivity contribution in [2.24, 2.45) is 5.10 Å². The Kier molecular flexibility index (Phi) is 8.69. The highest BCUT2D eigenvalue weighted by molar-refractivity contribution is 7.10. The summed E-state index contributed by atoms with van der Waals surface area (Å²) < 4.78 is 5.59. The highest BCUT2D eigenvalue weighted by Crippen LogP contribution is 2.34. The molecule has 3 aromatic carbocycles. The van der Waals surface area contributed by atoms with Crippen LogP contribution in [0, 0.1) is 20.2 Å². The van der Waals surface area contributed by atoms with E-state index < -0.39 is 33.0 Å². The van der Waals surface area contributed by atoms with E-state index in [2.05, 4.69) is 15.8 Å². The van der Waals surface area contributed by atoms with E-state index in [4.69, 9.17) is 4.74 Å². The molecule has 13 heteroatoms. The van der Waals surface area contributed by atoms with E-state index in [9.17, 15) is 29.8 Å². The fraction of sp³-hybridized carbons (Fsp3) is 0. The Labute approximate surface area is 230 Å². The van der Waals surface area contributed by atoms with Gasteiger partial charge in [0.05, 0.1) is 22.1 Å². The topological polar surface area (TPSA) is 166 Å². The Morgan fingerprint density at radius 1 is 0.900 bits per heavy atom. The number of hydrogen-bond acceptors (Lipinski definition) is 9. The summed E-state index contributed by atoms with van der Waals surface area (Å²) in [6, 6.07) is 21.3. The molecule has 0 aliphatic carbocycles. The molecule has 0 atom stereocenters. The summed E-state index contributed by atoms with van der Waals surface area (Å²) in [6.45, 7) is 0. The Morgan fingerprint density at radius 2 is 1.70 bits per heavy atom. The van der Waals surface area contributed by atoms with Crippen LogP contribution < -0.4 is 15.5 Å². The summed E-state index contributed by atoms with van der Waals surface area (Å²) >= 11 is 1.38. The molecule has 40 heavy (non-hydrogen) atoms. The summed E-state index contributed by atoms with van der Waals surface area (Å²) in [5.41, 5.74) is 2.19. The number of ether oxygens (including phenoxy) is 1. The van der Waals surface area contributed by atoms with Gasteiger partial charge in [-0.25, -0.2) is 5.43 Å². The number of hydrogen-bond donors (Lipinski definition) is 2. The van der Waals surface area contributed by atoms with E-state index in [1.165, 1.54) is 35.8 Å². The van der Waals surface area contributed by atoms with Crippen LogP contribution in [0.15, 0.2) is 101 Å². The largest absolute Gasteiger partial charge is 0.450 e. The number of thiophene rings is 1. The molecule has 0 radical (unpaired) electrons. The molecule has 0 fully saturated rings. The molecule has 4 rings (SSSR count). The molecule has 0 aliphatic heterocycles. The molecule has 1 aromatic heterocycles. The number of non-ortho nitro benzene ring substituents is 1. The molecular weight excluding hydrogens is 538 g/mol. The van der Waals surface area contributed by atoms with Crippen LogP contribution in [0.3, 0.4) is 0 Å². The molecule has 0 unspecified atom stereocenters. The molecule has 0 spiro atoms. The van der Waals surface area contributed by atoms with Crippen molar-refractivity contribution in [3.63, 3.8) is 0 Å². The van der Waals surface area contributed by atoms with Gasteiger partial charge in [0, 0.05) is 16.5 Å². The van der Waals surface area contributed by atoms with Gasteiger partial charge in [0.15, 0.2) is 0 Å². The van der Waals surface area contributed by atoms with Gasteiger partial charge in [-0.1, -0.05) is 36.4 Å². The maximum Gasteiger partial charge on any atom is 0.318 e. The van der Waals surface area contributed by atoms with Crippen LogP contribution in [0.25, 0.3) is 6.08 Å². The zero-order chi connectivity index (χ0) is 28.5. The van der Waals surface area contributed by atoms with Gasteiger partial charge in [-0.2, -0.15) is 5.10 Å². The molecule has 0 aliphatic rings. The number of hydrazone groups is 1. The molecule has 1 heterocycles. The Hall–Kier alpha value is -5.69. The van der Waals surface area contributed by atoms with Crippen molar-refractivity contribution in [3.05, 3.63) is 132 Å². The Balaban J connectivity index is 1.47. The second kappa shape index (κ2) is 12.7. The van der Waals surface area contributed by atoms with E-state index >= 15 is 0 Å². The zero-order valence-electron chi connectivity index (χ0n) is 20.4. The van der Waals surface area contributed by atoms with Crippen molar-refractivity contribution in [3.8, 4) is 11.5 Å². The lowest BCUT2D eigenvalue weighted by atomic mass is 10.2. The minimum absolute atomic E-state index is 0.0176. The smallest absolute Gasteiger partial charge is 0.318 e. The standard InChI is InChI=1S/C27H19N5O7S/c33-26(19-7-2-1-3-8-19)29-23(16-22-10-5-13-40-22)27(34)30-28-17-18-6-4-9-21(14-18)39-25-12-11-20(31(35)36)15-24(25)32(37)38/h1-17H,(H,29,33)(H,30,34). The Bertz CT molecular complexity index is 1620. The van der Waals surface area contributed by atoms with E-state index in [1.54, 1.807) is 48.5 Å². The molecule has 4 aromatic rings. The fourth-order valence-corrected chi connectivity index (χ4v) is 3.97. The second-order valence-corrected chi connectivity index (χ2v) is 8.91. The summed E-state index contributed by atoms with van der Waals surface area (Å²) in [5.74, 6) is -1.12. The normalized spacial score (nSPS) is 11.2. The highest BCUT2D eigenvalue weighted by Gasteiger charge is 2.21. The van der Waals surface area contributed by atoms with Gasteiger partial charge in [0.2, 0.25) is 5.75 Å². The lowest BCUT2D eigenvalue weighted by molar-refractivity contribution is -0.394. The van der Waals surface area contributed by atoms with Crippen LogP contribution in [0.2, 0.25) is 0 Å². The number of nitro groups is 2. The van der Waals surface area contributed by atoms with Gasteiger partial charge in [-0.3, -0.25) is 29.8 Å². The number of rotatable bonds is 10. The van der Waals surface area contributed by atoms with Gasteiger partial charge in [0.1, 0.15) is 11.4 Å². The minimum Gasteiger partial charge on any atom is -0.450 e. The predicted octanol–water partition coefficient (Wildman–Crippen LogP) is 5.28. The summed E-state index contributed by atoms with van der Waals surface area (Å²) in [7, 11) is 0. The van der Waals surface area contributed by atoms with Crippen LogP contribution >= 0.6 is 11.3 Å². The van der Waals surface area contributed by atoms with Crippen molar-refractivity contribution in [2.45, 2.75) is 0 Å². The summed E-state index contributed by atoms with van der Waals surface area (Å²) in [4.78, 5) is 47.1. The van der Waals surface area contributed by atoms with Crippen molar-refractivity contribution in [1.29, 1.82) is 0 Å². The van der Waals surface area contributed by atoms with Gasteiger partial charge in [0.25, 0.3) is 17.5 Å². The molecule has 200 valence electrons. The molecule has 0 saturated heterocycles. The minimum atomic E-state index is -0.777. The summed E-state index contributed by atoms with van der Waals surface area (Å²) in [6.07, 6.45) is 2.85. The number of carbonyl (C=O) groups excluding carboxylic acids is 2. The SMILES string of the molecule is O=C(NN=Cc1cccc(Oc2ccc([N+](=O)[O-])cc2[N+](=O)[O-])c1)C(=Cc1cccs1)NC(=O)c1ccccc1. The van der Waals surface area contributed by atoms with E-state index in [0.29, 0.717) is 11.1 Å². The van der Waals surface area contributed by atoms with Crippen LogP contribution in [0.5, 0.6) is 11.5 Å². The third-order valence-corrected chi connectivity index (χ3v) is 5.99. The first kappa shape index (κ1) is 27.3. The predicted molar refractivity (Wildman–Crippen MR) is 148 cm³/mol. The molecule has 0 saturated carbocycles. The van der Waals surface area contributed by atoms with Gasteiger partial charge in [-0.15, -0.1) is 11.3 Å². The van der Waals surface area contributed by atoms with Crippen LogP contribution in [-0.4, -0.2) is 27.9 Å². The monoisotopic (exact) mass is 557 g/mol. The zero-order valence-corrected chi connectivity index (χ0v) is 21.2. The number of benzene rings is 3. The van der Waals surface area contributed by atoms with Crippen molar-refractivity contribution in [1.82, 2.24) is 10.7 Å². The third kappa shape index (κ3) is 7.20. The second-order valence-electron chi connectivity index (χ2n) is 7.93. The van der Waals surface area contributed by atoms with Gasteiger partial charge in [-0.05, 0) is 53.4 Å². The maximum absolute atomic E-state index is 12.9. The first-order valence-corrected chi connectivity index (χ1v) is 12.3. The fourth-order valence-electron chi connectivity index (χ4n) is 3.32. The average molecular weight is 558 g/mol. The average Bonchev–Trinajstić information content (AvgIpc) is 3.46. The van der Waals surface area contributed by atoms with E-state index in [0.717, 1.165) is 23.1 Å². The third-order valence-electron chi connectivity index (χ3n) is 5.17. The lowest BCUT2D eigenvalue weighted by Gasteiger charge is -2.09. The molecule has 12 nitrogen and oxygen atoms in total. The number of amides is 2. The number of nitrogens with one attached hydrogen (secondary N) is 2. The quantitative estimate of drug-likeness (QED) is 0.116. The van der Waals surface area contributed by atoms with Gasteiger partial charge < -0.3 is 10.1 Å². The molecular formula is C27H19N5O7S. The van der Waals surface area contributed by atoms with E-state index in [1.807, 2.05) is 11.4 Å². The first-order valence-electron chi connectivity index (χ1n) is 11.5. The lowest BCUT2D eigenvalue weighted by Crippen LogP contribution is -2.32. The van der Waals surface area contributed by atoms with Crippen molar-refractivity contribution in [2.75, 3.05) is 0 Å². The number of nitro benzene ring substituents is 2. The van der Waals surface area contributed by atoms with Crippen molar-refractivity contribution < 1.29 is 24.2 Å². The van der Waals surface area contributed by atoms with Crippen LogP contribution in [0.1, 0.15) is 20.8 Å². The van der Waals surface area contributed by atoms with Crippen molar-refractivity contribution >= 4 is 46.8 Å². The first-order chi connectivity index (χ1) is 19.3. The highest BCUT2D eigenvalue weighted by atomic mass is 32.1.